The molecule has 1 saturated heterocycles. The van der Waals surface area contributed by atoms with Crippen molar-refractivity contribution in [2.75, 3.05) is 14.1 Å². The second kappa shape index (κ2) is 8.14. The summed E-state index contributed by atoms with van der Waals surface area (Å²) in [6.45, 7) is 9.87. The maximum Gasteiger partial charge on any atom is 0.333 e. The summed E-state index contributed by atoms with van der Waals surface area (Å²) in [5.41, 5.74) is -4.46. The van der Waals surface area contributed by atoms with Crippen LogP contribution in [0.25, 0.3) is 11.0 Å². The molecule has 1 atom stereocenters. The van der Waals surface area contributed by atoms with Crippen LogP contribution in [0.3, 0.4) is 0 Å². The standard InChI is InChI=1S/C25H28ClN3O7/c1-23(2,3)11-24(4,5)27-19-17-15(16(30)13-10-12(26)8-9-14(13)35-17)18(36-19)25(34)20(31)28(6)22(33)29(7)21(25)32/h8-10,18,34H,11H2,1-7H3. The van der Waals surface area contributed by atoms with E-state index in [4.69, 9.17) is 20.8 Å². The van der Waals surface area contributed by atoms with Crippen LogP contribution in [0, 0.1) is 5.41 Å². The predicted molar refractivity (Wildman–Crippen MR) is 132 cm³/mol. The van der Waals surface area contributed by atoms with E-state index in [2.05, 4.69) is 4.99 Å². The number of urea groups is 1. The summed E-state index contributed by atoms with van der Waals surface area (Å²) < 4.78 is 11.9. The number of aliphatic imine (C=N–C) groups is 1. The Labute approximate surface area is 212 Å². The van der Waals surface area contributed by atoms with Gasteiger partial charge in [0.25, 0.3) is 23.3 Å². The Hall–Kier alpha value is -3.24. The van der Waals surface area contributed by atoms with E-state index < -0.39 is 40.5 Å². The average Bonchev–Trinajstić information content (AvgIpc) is 3.12. The summed E-state index contributed by atoms with van der Waals surface area (Å²) >= 11 is 6.09. The van der Waals surface area contributed by atoms with Crippen molar-refractivity contribution >= 4 is 46.3 Å². The third-order valence-corrected chi connectivity index (χ3v) is 6.39. The molecule has 0 saturated carbocycles. The van der Waals surface area contributed by atoms with Crippen LogP contribution >= 0.6 is 11.6 Å². The summed E-state index contributed by atoms with van der Waals surface area (Å²) in [5, 5.41) is 11.9. The molecule has 2 aromatic rings. The van der Waals surface area contributed by atoms with Crippen LogP contribution in [0.4, 0.5) is 4.79 Å². The summed E-state index contributed by atoms with van der Waals surface area (Å²) in [5.74, 6) is -2.69. The van der Waals surface area contributed by atoms with Gasteiger partial charge in [-0.1, -0.05) is 32.4 Å². The molecule has 1 aromatic carbocycles. The summed E-state index contributed by atoms with van der Waals surface area (Å²) in [6, 6.07) is 3.51. The molecule has 0 bridgehead atoms. The van der Waals surface area contributed by atoms with E-state index in [1.54, 1.807) is 6.07 Å². The van der Waals surface area contributed by atoms with Crippen LogP contribution in [-0.4, -0.2) is 63.9 Å². The molecule has 11 heteroatoms. The van der Waals surface area contributed by atoms with Crippen molar-refractivity contribution in [3.05, 3.63) is 44.8 Å². The van der Waals surface area contributed by atoms with Crippen LogP contribution in [0.1, 0.15) is 58.5 Å². The second-order valence-electron chi connectivity index (χ2n) is 11.1. The van der Waals surface area contributed by atoms with E-state index in [9.17, 15) is 24.3 Å². The number of imide groups is 2. The molecule has 1 fully saturated rings. The number of carbonyl (C=O) groups excluding carboxylic acids is 3. The molecule has 4 rings (SSSR count). The first-order chi connectivity index (χ1) is 16.5. The van der Waals surface area contributed by atoms with Crippen molar-refractivity contribution in [3.8, 4) is 0 Å². The van der Waals surface area contributed by atoms with Crippen LogP contribution in [-0.2, 0) is 14.3 Å². The van der Waals surface area contributed by atoms with Crippen LogP contribution in [0.15, 0.2) is 32.4 Å². The molecule has 1 unspecified atom stereocenters. The highest BCUT2D eigenvalue weighted by atomic mass is 35.5. The number of fused-ring (bicyclic) bond motifs is 2. The minimum Gasteiger partial charge on any atom is -0.462 e. The molecular weight excluding hydrogens is 490 g/mol. The first kappa shape index (κ1) is 25.8. The highest BCUT2D eigenvalue weighted by Gasteiger charge is 2.64. The maximum atomic E-state index is 13.7. The summed E-state index contributed by atoms with van der Waals surface area (Å²) in [4.78, 5) is 58.2. The lowest BCUT2D eigenvalue weighted by Gasteiger charge is -2.40. The van der Waals surface area contributed by atoms with Gasteiger partial charge in [-0.2, -0.15) is 0 Å². The third kappa shape index (κ3) is 3.98. The highest BCUT2D eigenvalue weighted by Crippen LogP contribution is 2.43. The van der Waals surface area contributed by atoms with Crippen molar-refractivity contribution < 1.29 is 28.6 Å². The number of carbonyl (C=O) groups is 3. The van der Waals surface area contributed by atoms with E-state index in [-0.39, 0.29) is 38.6 Å². The molecule has 3 heterocycles. The molecule has 2 aliphatic rings. The molecule has 1 aromatic heterocycles. The zero-order chi connectivity index (χ0) is 27.0. The van der Waals surface area contributed by atoms with E-state index >= 15 is 0 Å². The zero-order valence-corrected chi connectivity index (χ0v) is 21.9. The third-order valence-electron chi connectivity index (χ3n) is 6.16. The average molecular weight is 518 g/mol. The number of aliphatic hydroxyl groups is 1. The van der Waals surface area contributed by atoms with Crippen molar-refractivity contribution in [2.45, 2.75) is 58.3 Å². The molecule has 0 spiro atoms. The molecule has 0 aliphatic carbocycles. The molecule has 4 amide bonds. The number of halogens is 1. The first-order valence-electron chi connectivity index (χ1n) is 11.3. The molecular formula is C25H28ClN3O7. The normalized spacial score (nSPS) is 21.4. The zero-order valence-electron chi connectivity index (χ0n) is 21.1. The van der Waals surface area contributed by atoms with Gasteiger partial charge in [0.15, 0.2) is 11.9 Å². The lowest BCUT2D eigenvalue weighted by molar-refractivity contribution is -0.179. The number of ether oxygens (including phenoxy) is 1. The van der Waals surface area contributed by atoms with Crippen molar-refractivity contribution in [2.24, 2.45) is 10.4 Å². The lowest BCUT2D eigenvalue weighted by atomic mass is 9.82. The van der Waals surface area contributed by atoms with Crippen LogP contribution in [0.5, 0.6) is 0 Å². The summed E-state index contributed by atoms with van der Waals surface area (Å²) in [7, 11) is 2.25. The van der Waals surface area contributed by atoms with Crippen LogP contribution in [0.2, 0.25) is 5.02 Å². The number of likely N-dealkylation sites (N-methyl/N-ethyl adjacent to an activating group) is 2. The number of benzene rings is 1. The fraction of sp³-hybridized carbons (Fsp3) is 0.480. The van der Waals surface area contributed by atoms with Gasteiger partial charge < -0.3 is 14.3 Å². The number of nitrogens with zero attached hydrogens (tertiary/aromatic N) is 3. The quantitative estimate of drug-likeness (QED) is 0.618. The fourth-order valence-corrected chi connectivity index (χ4v) is 5.18. The van der Waals surface area contributed by atoms with Gasteiger partial charge in [0, 0.05) is 19.1 Å². The SMILES string of the molecule is CN1C(=O)N(C)C(=O)C(O)(C2OC(=NC(C)(C)CC(C)(C)C)c3oc4ccc(Cl)cc4c(=O)c32)C1=O. The van der Waals surface area contributed by atoms with Gasteiger partial charge in [0.05, 0.1) is 16.5 Å². The highest BCUT2D eigenvalue weighted by molar-refractivity contribution is 6.31. The minimum absolute atomic E-state index is 0.0714. The number of amides is 4. The largest absolute Gasteiger partial charge is 0.462 e. The van der Waals surface area contributed by atoms with E-state index in [0.29, 0.717) is 16.2 Å². The van der Waals surface area contributed by atoms with Gasteiger partial charge in [-0.25, -0.2) is 9.79 Å². The minimum atomic E-state index is -2.92. The van der Waals surface area contributed by atoms with Gasteiger partial charge >= 0.3 is 6.03 Å². The number of barbiturate groups is 1. The molecule has 1 N–H and O–H groups in total. The van der Waals surface area contributed by atoms with E-state index in [1.165, 1.54) is 12.1 Å². The Morgan fingerprint density at radius 3 is 2.19 bits per heavy atom. The fourth-order valence-electron chi connectivity index (χ4n) is 5.01. The maximum absolute atomic E-state index is 13.7. The van der Waals surface area contributed by atoms with Crippen LogP contribution < -0.4 is 5.43 Å². The van der Waals surface area contributed by atoms with Crippen molar-refractivity contribution in [1.82, 2.24) is 9.80 Å². The number of rotatable bonds is 3. The smallest absolute Gasteiger partial charge is 0.333 e. The van der Waals surface area contributed by atoms with Gasteiger partial charge in [0.1, 0.15) is 5.58 Å². The van der Waals surface area contributed by atoms with Crippen molar-refractivity contribution in [1.29, 1.82) is 0 Å². The molecule has 36 heavy (non-hydrogen) atoms. The van der Waals surface area contributed by atoms with Crippen molar-refractivity contribution in [3.63, 3.8) is 0 Å². The predicted octanol–water partition coefficient (Wildman–Crippen LogP) is 3.26. The molecule has 0 radical (unpaired) electrons. The lowest BCUT2D eigenvalue weighted by Crippen LogP contribution is -2.69. The van der Waals surface area contributed by atoms with Gasteiger partial charge in [0.2, 0.25) is 5.43 Å². The van der Waals surface area contributed by atoms with Gasteiger partial charge in [-0.15, -0.1) is 0 Å². The van der Waals surface area contributed by atoms with Gasteiger partial charge in [-0.3, -0.25) is 24.2 Å². The summed E-state index contributed by atoms with van der Waals surface area (Å²) in [6.07, 6.45) is -1.20. The number of hydrogen-bond acceptors (Lipinski definition) is 8. The topological polar surface area (TPSA) is 130 Å². The van der Waals surface area contributed by atoms with E-state index in [1.807, 2.05) is 34.6 Å². The Kier molecular flexibility index (Phi) is 5.84. The molecule has 192 valence electrons. The first-order valence-corrected chi connectivity index (χ1v) is 11.7. The monoisotopic (exact) mass is 517 g/mol. The Morgan fingerprint density at radius 2 is 1.64 bits per heavy atom. The Balaban J connectivity index is 1.99. The molecule has 2 aliphatic heterocycles. The Morgan fingerprint density at radius 1 is 1.06 bits per heavy atom. The van der Waals surface area contributed by atoms with Gasteiger partial charge in [-0.05, 0) is 43.9 Å². The second-order valence-corrected chi connectivity index (χ2v) is 11.5. The molecule has 10 nitrogen and oxygen atoms in total. The number of hydrogen-bond donors (Lipinski definition) is 1. The Bertz CT molecular complexity index is 1380. The van der Waals surface area contributed by atoms with E-state index in [0.717, 1.165) is 14.1 Å².